The number of anilines is 1. The smallest absolute Gasteiger partial charge is 0.407 e. The van der Waals surface area contributed by atoms with Crippen molar-refractivity contribution in [2.45, 2.75) is 63.3 Å². The van der Waals surface area contributed by atoms with Gasteiger partial charge in [0.15, 0.2) is 5.58 Å². The van der Waals surface area contributed by atoms with Crippen LogP contribution in [0, 0.1) is 0 Å². The van der Waals surface area contributed by atoms with E-state index < -0.39 is 0 Å². The summed E-state index contributed by atoms with van der Waals surface area (Å²) in [5, 5.41) is 6.82. The van der Waals surface area contributed by atoms with Crippen molar-refractivity contribution in [2.75, 3.05) is 18.0 Å². The Balaban J connectivity index is 1.22. The van der Waals surface area contributed by atoms with Crippen LogP contribution in [0.1, 0.15) is 44.1 Å². The molecule has 2 N–H and O–H groups in total. The van der Waals surface area contributed by atoms with Crippen LogP contribution in [0.5, 0.6) is 0 Å². The molecule has 7 heteroatoms. The molecule has 3 aromatic carbocycles. The van der Waals surface area contributed by atoms with Gasteiger partial charge in [0.2, 0.25) is 5.89 Å². The fourth-order valence-electron chi connectivity index (χ4n) is 6.04. The van der Waals surface area contributed by atoms with Gasteiger partial charge in [0.25, 0.3) is 0 Å². The maximum atomic E-state index is 12.9. The number of benzene rings is 3. The van der Waals surface area contributed by atoms with E-state index in [1.54, 1.807) is 0 Å². The normalized spacial score (nSPS) is 21.4. The Morgan fingerprint density at radius 3 is 2.54 bits per heavy atom. The first-order valence-electron chi connectivity index (χ1n) is 14.2. The summed E-state index contributed by atoms with van der Waals surface area (Å²) in [6.45, 7) is 2.27. The molecule has 1 amide bonds. The first-order chi connectivity index (χ1) is 19.2. The molecule has 0 unspecified atom stereocenters. The van der Waals surface area contributed by atoms with Crippen LogP contribution in [-0.4, -0.2) is 42.3 Å². The van der Waals surface area contributed by atoms with Gasteiger partial charge in [0.05, 0.1) is 6.04 Å². The van der Waals surface area contributed by atoms with Crippen LogP contribution >= 0.6 is 0 Å². The molecular formula is C32H36N4O3. The van der Waals surface area contributed by atoms with Crippen molar-refractivity contribution in [3.8, 4) is 11.5 Å². The molecule has 2 fully saturated rings. The standard InChI is InChI=1S/C32H36N4O3/c37-32(38-22-23-9-2-1-3-10-23)35-27-12-4-6-14-29(27)36(26-11-8-20-33-21-26)25-18-16-24(17-19-25)31-34-28-13-5-7-15-30(28)39-31/h1-3,5,7,9-10,13,15-19,26-27,29,33H,4,6,8,11-12,14,20-22H2,(H,35,37)/t26-,27+,29+/m0/s1. The predicted octanol–water partition coefficient (Wildman–Crippen LogP) is 6.29. The molecule has 1 saturated heterocycles. The molecule has 39 heavy (non-hydrogen) atoms. The van der Waals surface area contributed by atoms with Crippen LogP contribution in [0.15, 0.2) is 83.3 Å². The van der Waals surface area contributed by atoms with Gasteiger partial charge in [-0.15, -0.1) is 0 Å². The number of piperidine rings is 1. The topological polar surface area (TPSA) is 79.6 Å². The molecule has 0 spiro atoms. The molecule has 2 aliphatic rings. The number of para-hydroxylation sites is 2. The zero-order valence-corrected chi connectivity index (χ0v) is 22.2. The monoisotopic (exact) mass is 524 g/mol. The van der Waals surface area contributed by atoms with E-state index in [1.165, 1.54) is 5.69 Å². The van der Waals surface area contributed by atoms with E-state index in [4.69, 9.17) is 9.15 Å². The Kier molecular flexibility index (Phi) is 7.77. The number of hydrogen-bond donors (Lipinski definition) is 2. The van der Waals surface area contributed by atoms with E-state index >= 15 is 0 Å². The van der Waals surface area contributed by atoms with Gasteiger partial charge < -0.3 is 24.7 Å². The molecule has 1 aromatic heterocycles. The number of hydrogen-bond acceptors (Lipinski definition) is 6. The second kappa shape index (κ2) is 11.9. The van der Waals surface area contributed by atoms with Crippen molar-refractivity contribution < 1.29 is 13.9 Å². The molecule has 1 aliphatic heterocycles. The van der Waals surface area contributed by atoms with E-state index in [2.05, 4.69) is 44.8 Å². The van der Waals surface area contributed by atoms with E-state index in [1.807, 2.05) is 54.6 Å². The summed E-state index contributed by atoms with van der Waals surface area (Å²) in [4.78, 5) is 20.1. The zero-order chi connectivity index (χ0) is 26.4. The lowest BCUT2D eigenvalue weighted by atomic mass is 9.87. The van der Waals surface area contributed by atoms with Gasteiger partial charge in [-0.1, -0.05) is 55.3 Å². The van der Waals surface area contributed by atoms with Crippen LogP contribution in [0.2, 0.25) is 0 Å². The van der Waals surface area contributed by atoms with Crippen LogP contribution in [0.3, 0.4) is 0 Å². The minimum atomic E-state index is -0.344. The minimum absolute atomic E-state index is 0.0284. The van der Waals surface area contributed by atoms with Gasteiger partial charge in [0, 0.05) is 29.9 Å². The number of ether oxygens (including phenoxy) is 1. The summed E-state index contributed by atoms with van der Waals surface area (Å²) >= 11 is 0. The molecule has 4 aromatic rings. The van der Waals surface area contributed by atoms with E-state index in [0.717, 1.165) is 73.8 Å². The highest BCUT2D eigenvalue weighted by Gasteiger charge is 2.36. The third kappa shape index (κ3) is 5.93. The summed E-state index contributed by atoms with van der Waals surface area (Å²) in [6, 6.07) is 26.8. The highest BCUT2D eigenvalue weighted by Crippen LogP contribution is 2.33. The fraction of sp³-hybridized carbons (Fsp3) is 0.375. The largest absolute Gasteiger partial charge is 0.445 e. The molecule has 1 aliphatic carbocycles. The summed E-state index contributed by atoms with van der Waals surface area (Å²) in [5.74, 6) is 0.631. The van der Waals surface area contributed by atoms with Gasteiger partial charge in [-0.25, -0.2) is 9.78 Å². The lowest BCUT2D eigenvalue weighted by molar-refractivity contribution is 0.130. The van der Waals surface area contributed by atoms with Gasteiger partial charge >= 0.3 is 6.09 Å². The molecule has 1 saturated carbocycles. The first kappa shape index (κ1) is 25.4. The Labute approximate surface area is 229 Å². The molecule has 2 heterocycles. The van der Waals surface area contributed by atoms with Crippen LogP contribution in [-0.2, 0) is 11.3 Å². The molecule has 7 nitrogen and oxygen atoms in total. The number of aromatic nitrogens is 1. The number of nitrogens with zero attached hydrogens (tertiary/aromatic N) is 2. The zero-order valence-electron chi connectivity index (χ0n) is 22.2. The number of alkyl carbamates (subject to hydrolysis) is 1. The van der Waals surface area contributed by atoms with E-state index in [9.17, 15) is 4.79 Å². The van der Waals surface area contributed by atoms with Gasteiger partial charge in [-0.05, 0) is 74.2 Å². The van der Waals surface area contributed by atoms with E-state index in [-0.39, 0.29) is 24.8 Å². The van der Waals surface area contributed by atoms with Crippen molar-refractivity contribution in [3.05, 3.63) is 84.4 Å². The molecule has 0 radical (unpaired) electrons. The summed E-state index contributed by atoms with van der Waals surface area (Å²) in [5.41, 5.74) is 4.77. The summed E-state index contributed by atoms with van der Waals surface area (Å²) in [7, 11) is 0. The average molecular weight is 525 g/mol. The molecule has 0 bridgehead atoms. The average Bonchev–Trinajstić information content (AvgIpc) is 3.43. The number of amides is 1. The summed E-state index contributed by atoms with van der Waals surface area (Å²) in [6.07, 6.45) is 6.17. The third-order valence-corrected chi connectivity index (χ3v) is 7.97. The molecule has 202 valence electrons. The quantitative estimate of drug-likeness (QED) is 0.296. The number of rotatable bonds is 7. The maximum Gasteiger partial charge on any atom is 0.407 e. The lowest BCUT2D eigenvalue weighted by Crippen LogP contribution is -2.59. The number of carbonyl (C=O) groups excluding carboxylic acids is 1. The maximum absolute atomic E-state index is 12.9. The van der Waals surface area contributed by atoms with Crippen molar-refractivity contribution in [1.82, 2.24) is 15.6 Å². The van der Waals surface area contributed by atoms with Crippen molar-refractivity contribution in [3.63, 3.8) is 0 Å². The van der Waals surface area contributed by atoms with Crippen molar-refractivity contribution in [2.24, 2.45) is 0 Å². The Hall–Kier alpha value is -3.84. The highest BCUT2D eigenvalue weighted by molar-refractivity contribution is 5.76. The van der Waals surface area contributed by atoms with Gasteiger partial charge in [-0.2, -0.15) is 0 Å². The van der Waals surface area contributed by atoms with Crippen molar-refractivity contribution >= 4 is 22.9 Å². The lowest BCUT2D eigenvalue weighted by Gasteiger charge is -2.46. The number of carbonyl (C=O) groups is 1. The Morgan fingerprint density at radius 1 is 0.949 bits per heavy atom. The van der Waals surface area contributed by atoms with E-state index in [0.29, 0.717) is 11.9 Å². The third-order valence-electron chi connectivity index (χ3n) is 7.97. The van der Waals surface area contributed by atoms with Crippen LogP contribution in [0.4, 0.5) is 10.5 Å². The predicted molar refractivity (Wildman–Crippen MR) is 154 cm³/mol. The second-order valence-electron chi connectivity index (χ2n) is 10.6. The van der Waals surface area contributed by atoms with Crippen LogP contribution < -0.4 is 15.5 Å². The van der Waals surface area contributed by atoms with Gasteiger partial charge in [-0.3, -0.25) is 0 Å². The number of oxazole rings is 1. The van der Waals surface area contributed by atoms with Gasteiger partial charge in [0.1, 0.15) is 12.1 Å². The highest BCUT2D eigenvalue weighted by atomic mass is 16.5. The second-order valence-corrected chi connectivity index (χ2v) is 10.6. The first-order valence-corrected chi connectivity index (χ1v) is 14.2. The Morgan fingerprint density at radius 2 is 1.74 bits per heavy atom. The number of fused-ring (bicyclic) bond motifs is 1. The SMILES string of the molecule is O=C(N[C@@H]1CCCC[C@H]1N(c1ccc(-c2nc3ccccc3o2)cc1)[C@H]1CCCNC1)OCc1ccccc1. The molecular weight excluding hydrogens is 488 g/mol. The molecule has 6 rings (SSSR count). The molecule has 3 atom stereocenters. The minimum Gasteiger partial charge on any atom is -0.445 e. The fourth-order valence-corrected chi connectivity index (χ4v) is 6.04. The number of nitrogens with one attached hydrogen (secondary N) is 2. The van der Waals surface area contributed by atoms with Crippen molar-refractivity contribution in [1.29, 1.82) is 0 Å². The summed E-state index contributed by atoms with van der Waals surface area (Å²) < 4.78 is 11.6. The van der Waals surface area contributed by atoms with Crippen LogP contribution in [0.25, 0.3) is 22.6 Å². The Bertz CT molecular complexity index is 1330.